The van der Waals surface area contributed by atoms with Gasteiger partial charge in [0.1, 0.15) is 5.75 Å². The van der Waals surface area contributed by atoms with Gasteiger partial charge >= 0.3 is 0 Å². The van der Waals surface area contributed by atoms with Gasteiger partial charge in [-0.05, 0) is 43.7 Å². The number of halogens is 1. The first-order valence-corrected chi connectivity index (χ1v) is 6.61. The van der Waals surface area contributed by atoms with Gasteiger partial charge in [0.15, 0.2) is 0 Å². The number of rotatable bonds is 3. The van der Waals surface area contributed by atoms with Gasteiger partial charge in [-0.1, -0.05) is 29.3 Å². The van der Waals surface area contributed by atoms with Gasteiger partial charge in [-0.2, -0.15) is 0 Å². The summed E-state index contributed by atoms with van der Waals surface area (Å²) in [6, 6.07) is 11.5. The predicted octanol–water partition coefficient (Wildman–Crippen LogP) is 4.30. The lowest BCUT2D eigenvalue weighted by Crippen LogP contribution is -2.17. The normalized spacial score (nSPS) is 10.5. The van der Waals surface area contributed by atoms with E-state index in [9.17, 15) is 5.11 Å². The van der Waals surface area contributed by atoms with E-state index in [2.05, 4.69) is 36.9 Å². The van der Waals surface area contributed by atoms with Crippen molar-refractivity contribution in [1.29, 1.82) is 0 Å². The SMILES string of the molecule is Cc1ccc(N(C)Cc2cc(Cl)ccc2O)c(C)c1. The zero-order chi connectivity index (χ0) is 14.0. The highest BCUT2D eigenvalue weighted by molar-refractivity contribution is 6.30. The lowest BCUT2D eigenvalue weighted by molar-refractivity contribution is 0.468. The molecule has 3 heteroatoms. The van der Waals surface area contributed by atoms with Crippen LogP contribution in [0, 0.1) is 13.8 Å². The lowest BCUT2D eigenvalue weighted by atomic mass is 10.1. The van der Waals surface area contributed by atoms with E-state index in [1.807, 2.05) is 7.05 Å². The van der Waals surface area contributed by atoms with Crippen molar-refractivity contribution >= 4 is 17.3 Å². The van der Waals surface area contributed by atoms with E-state index in [1.165, 1.54) is 11.1 Å². The summed E-state index contributed by atoms with van der Waals surface area (Å²) in [6.07, 6.45) is 0. The number of hydrogen-bond acceptors (Lipinski definition) is 2. The van der Waals surface area contributed by atoms with Gasteiger partial charge in [-0.15, -0.1) is 0 Å². The Labute approximate surface area is 119 Å². The number of benzene rings is 2. The van der Waals surface area contributed by atoms with Crippen LogP contribution in [0.1, 0.15) is 16.7 Å². The Bertz CT molecular complexity index is 595. The first-order chi connectivity index (χ1) is 8.97. The minimum absolute atomic E-state index is 0.279. The summed E-state index contributed by atoms with van der Waals surface area (Å²) in [6.45, 7) is 4.80. The van der Waals surface area contributed by atoms with Crippen LogP contribution in [0.3, 0.4) is 0 Å². The second-order valence-electron chi connectivity index (χ2n) is 4.92. The van der Waals surface area contributed by atoms with Gasteiger partial charge in [0.05, 0.1) is 0 Å². The van der Waals surface area contributed by atoms with Crippen molar-refractivity contribution in [2.45, 2.75) is 20.4 Å². The molecular formula is C16H18ClNO. The summed E-state index contributed by atoms with van der Waals surface area (Å²) in [5.41, 5.74) is 4.46. The molecular weight excluding hydrogens is 258 g/mol. The van der Waals surface area contributed by atoms with Crippen molar-refractivity contribution < 1.29 is 5.11 Å². The lowest BCUT2D eigenvalue weighted by Gasteiger charge is -2.22. The molecule has 2 aromatic carbocycles. The Balaban J connectivity index is 2.25. The number of nitrogens with zero attached hydrogens (tertiary/aromatic N) is 1. The molecule has 0 radical (unpaired) electrons. The van der Waals surface area contributed by atoms with Crippen LogP contribution in [0.2, 0.25) is 5.02 Å². The molecule has 0 atom stereocenters. The van der Waals surface area contributed by atoms with Crippen LogP contribution in [-0.2, 0) is 6.54 Å². The summed E-state index contributed by atoms with van der Waals surface area (Å²) < 4.78 is 0. The average molecular weight is 276 g/mol. The molecule has 0 aliphatic rings. The molecule has 0 fully saturated rings. The molecule has 0 aliphatic heterocycles. The van der Waals surface area contributed by atoms with Crippen LogP contribution in [0.5, 0.6) is 5.75 Å². The molecule has 0 bridgehead atoms. The Hall–Kier alpha value is -1.67. The second-order valence-corrected chi connectivity index (χ2v) is 5.36. The first kappa shape index (κ1) is 13.8. The molecule has 0 saturated carbocycles. The molecule has 2 aromatic rings. The number of anilines is 1. The fourth-order valence-electron chi connectivity index (χ4n) is 2.26. The van der Waals surface area contributed by atoms with Gasteiger partial charge in [-0.3, -0.25) is 0 Å². The standard InChI is InChI=1S/C16H18ClNO/c1-11-4-6-15(12(2)8-11)18(3)10-13-9-14(17)5-7-16(13)19/h4-9,19H,10H2,1-3H3. The summed E-state index contributed by atoms with van der Waals surface area (Å²) in [7, 11) is 2.01. The van der Waals surface area contributed by atoms with Crippen molar-refractivity contribution in [3.8, 4) is 5.75 Å². The van der Waals surface area contributed by atoms with E-state index < -0.39 is 0 Å². The molecule has 2 rings (SSSR count). The number of aromatic hydroxyl groups is 1. The molecule has 0 saturated heterocycles. The van der Waals surface area contributed by atoms with Gasteiger partial charge in [0.25, 0.3) is 0 Å². The largest absolute Gasteiger partial charge is 0.508 e. The third kappa shape index (κ3) is 3.21. The molecule has 2 nitrogen and oxygen atoms in total. The summed E-state index contributed by atoms with van der Waals surface area (Å²) >= 11 is 5.97. The molecule has 0 aliphatic carbocycles. The van der Waals surface area contributed by atoms with Crippen LogP contribution in [0.15, 0.2) is 36.4 Å². The van der Waals surface area contributed by atoms with Crippen molar-refractivity contribution in [2.75, 3.05) is 11.9 Å². The van der Waals surface area contributed by atoms with Crippen LogP contribution in [-0.4, -0.2) is 12.2 Å². The molecule has 0 amide bonds. The first-order valence-electron chi connectivity index (χ1n) is 6.23. The van der Waals surface area contributed by atoms with Crippen LogP contribution >= 0.6 is 11.6 Å². The molecule has 0 heterocycles. The van der Waals surface area contributed by atoms with Gasteiger partial charge in [0.2, 0.25) is 0 Å². The Kier molecular flexibility index (Phi) is 4.01. The van der Waals surface area contributed by atoms with Crippen LogP contribution < -0.4 is 4.90 Å². The van der Waals surface area contributed by atoms with Crippen molar-refractivity contribution in [3.05, 3.63) is 58.1 Å². The molecule has 19 heavy (non-hydrogen) atoms. The highest BCUT2D eigenvalue weighted by atomic mass is 35.5. The number of phenols is 1. The Morgan fingerprint density at radius 1 is 1.11 bits per heavy atom. The van der Waals surface area contributed by atoms with Crippen molar-refractivity contribution in [1.82, 2.24) is 0 Å². The third-order valence-electron chi connectivity index (χ3n) is 3.21. The highest BCUT2D eigenvalue weighted by Gasteiger charge is 2.09. The van der Waals surface area contributed by atoms with Crippen molar-refractivity contribution in [2.24, 2.45) is 0 Å². The fraction of sp³-hybridized carbons (Fsp3) is 0.250. The maximum Gasteiger partial charge on any atom is 0.120 e. The third-order valence-corrected chi connectivity index (χ3v) is 3.45. The number of aryl methyl sites for hydroxylation is 2. The van der Waals surface area contributed by atoms with Crippen molar-refractivity contribution in [3.63, 3.8) is 0 Å². The second kappa shape index (κ2) is 5.54. The van der Waals surface area contributed by atoms with Crippen LogP contribution in [0.4, 0.5) is 5.69 Å². The maximum atomic E-state index is 9.86. The minimum Gasteiger partial charge on any atom is -0.508 e. The minimum atomic E-state index is 0.279. The Morgan fingerprint density at radius 2 is 1.84 bits per heavy atom. The monoisotopic (exact) mass is 275 g/mol. The van der Waals surface area contributed by atoms with E-state index >= 15 is 0 Å². The van der Waals surface area contributed by atoms with Crippen LogP contribution in [0.25, 0.3) is 0 Å². The molecule has 1 N–H and O–H groups in total. The quantitative estimate of drug-likeness (QED) is 0.903. The van der Waals surface area contributed by atoms with Gasteiger partial charge in [0, 0.05) is 29.9 Å². The topological polar surface area (TPSA) is 23.5 Å². The highest BCUT2D eigenvalue weighted by Crippen LogP contribution is 2.26. The van der Waals surface area contributed by atoms with E-state index in [0.29, 0.717) is 11.6 Å². The van der Waals surface area contributed by atoms with Gasteiger partial charge in [-0.25, -0.2) is 0 Å². The average Bonchev–Trinajstić information content (AvgIpc) is 2.33. The van der Waals surface area contributed by atoms with E-state index in [1.54, 1.807) is 18.2 Å². The predicted molar refractivity (Wildman–Crippen MR) is 81.1 cm³/mol. The number of phenolic OH excluding ortho intramolecular Hbond substituents is 1. The summed E-state index contributed by atoms with van der Waals surface area (Å²) in [4.78, 5) is 2.11. The van der Waals surface area contributed by atoms with Gasteiger partial charge < -0.3 is 10.0 Å². The van der Waals surface area contributed by atoms with E-state index in [-0.39, 0.29) is 5.75 Å². The molecule has 100 valence electrons. The maximum absolute atomic E-state index is 9.86. The molecule has 0 spiro atoms. The van der Waals surface area contributed by atoms with E-state index in [4.69, 9.17) is 11.6 Å². The number of hydrogen-bond donors (Lipinski definition) is 1. The zero-order valence-electron chi connectivity index (χ0n) is 11.4. The zero-order valence-corrected chi connectivity index (χ0v) is 12.2. The van der Waals surface area contributed by atoms with E-state index in [0.717, 1.165) is 11.3 Å². The summed E-state index contributed by atoms with van der Waals surface area (Å²) in [5, 5.41) is 10.5. The summed E-state index contributed by atoms with van der Waals surface area (Å²) in [5.74, 6) is 0.279. The fourth-order valence-corrected chi connectivity index (χ4v) is 2.45. The molecule has 0 aromatic heterocycles. The molecule has 0 unspecified atom stereocenters. The Morgan fingerprint density at radius 3 is 2.53 bits per heavy atom. The smallest absolute Gasteiger partial charge is 0.120 e.